The smallest absolute Gasteiger partial charge is 0.206 e. The molecule has 0 N–H and O–H groups in total. The standard InChI is InChI=1S/C12H8F6S/c13-12-8-10(19(14,15,16,17)18)6-7-11(12)9-4-2-1-3-5-9/h1-8H. The average molecular weight is 298 g/mol. The Morgan fingerprint density at radius 2 is 1.32 bits per heavy atom. The Morgan fingerprint density at radius 3 is 1.79 bits per heavy atom. The van der Waals surface area contributed by atoms with Crippen molar-refractivity contribution in [3.8, 4) is 11.1 Å². The van der Waals surface area contributed by atoms with Crippen molar-refractivity contribution in [3.63, 3.8) is 0 Å². The minimum atomic E-state index is -9.83. The molecule has 0 amide bonds. The zero-order chi connectivity index (χ0) is 14.4. The van der Waals surface area contributed by atoms with Crippen LogP contribution in [0.15, 0.2) is 53.4 Å². The van der Waals surface area contributed by atoms with Gasteiger partial charge in [-0.05, 0) is 23.8 Å². The Kier molecular flexibility index (Phi) is 2.52. The first-order chi connectivity index (χ1) is 8.47. The van der Waals surface area contributed by atoms with E-state index in [1.54, 1.807) is 18.2 Å². The molecule has 19 heavy (non-hydrogen) atoms. The van der Waals surface area contributed by atoms with Crippen molar-refractivity contribution in [1.29, 1.82) is 0 Å². The summed E-state index contributed by atoms with van der Waals surface area (Å²) in [7, 11) is -9.83. The molecule has 2 rings (SSSR count). The summed E-state index contributed by atoms with van der Waals surface area (Å²) in [6.07, 6.45) is 0. The van der Waals surface area contributed by atoms with Gasteiger partial charge in [0.1, 0.15) is 10.7 Å². The van der Waals surface area contributed by atoms with Crippen LogP contribution in [0.25, 0.3) is 11.1 Å². The summed E-state index contributed by atoms with van der Waals surface area (Å²) in [6.45, 7) is 0. The van der Waals surface area contributed by atoms with Crippen LogP contribution in [0.1, 0.15) is 0 Å². The number of rotatable bonds is 2. The van der Waals surface area contributed by atoms with Crippen molar-refractivity contribution in [2.24, 2.45) is 0 Å². The van der Waals surface area contributed by atoms with Gasteiger partial charge in [0.15, 0.2) is 0 Å². The molecule has 0 saturated heterocycles. The summed E-state index contributed by atoms with van der Waals surface area (Å²) in [5, 5.41) is 0. The normalized spacial score (nSPS) is 15.7. The lowest BCUT2D eigenvalue weighted by Gasteiger charge is -2.40. The van der Waals surface area contributed by atoms with Crippen LogP contribution < -0.4 is 0 Å². The second-order valence-corrected chi connectivity index (χ2v) is 6.39. The predicted molar refractivity (Wildman–Crippen MR) is 63.2 cm³/mol. The zero-order valence-corrected chi connectivity index (χ0v) is 10.1. The molecular formula is C12H8F6S. The highest BCUT2D eigenvalue weighted by molar-refractivity contribution is 8.45. The lowest BCUT2D eigenvalue weighted by molar-refractivity contribution is 0.363. The maximum atomic E-state index is 13.6. The van der Waals surface area contributed by atoms with Crippen molar-refractivity contribution >= 4 is 10.2 Å². The van der Waals surface area contributed by atoms with E-state index in [0.717, 1.165) is 0 Å². The van der Waals surface area contributed by atoms with Gasteiger partial charge in [-0.2, -0.15) is 0 Å². The van der Waals surface area contributed by atoms with Gasteiger partial charge in [0.2, 0.25) is 0 Å². The SMILES string of the molecule is Fc1cc(S(F)(F)(F)(F)F)ccc1-c1ccccc1. The maximum Gasteiger partial charge on any atom is 0.310 e. The van der Waals surface area contributed by atoms with E-state index in [1.165, 1.54) is 12.1 Å². The van der Waals surface area contributed by atoms with E-state index in [1.807, 2.05) is 0 Å². The first-order valence-corrected chi connectivity index (χ1v) is 7.01. The Balaban J connectivity index is 2.57. The van der Waals surface area contributed by atoms with Gasteiger partial charge in [-0.15, -0.1) is 0 Å². The van der Waals surface area contributed by atoms with Crippen molar-refractivity contribution in [2.45, 2.75) is 4.90 Å². The van der Waals surface area contributed by atoms with E-state index in [9.17, 15) is 23.8 Å². The third kappa shape index (κ3) is 3.04. The fourth-order valence-corrected chi connectivity index (χ4v) is 2.24. The molecule has 0 unspecified atom stereocenters. The largest absolute Gasteiger partial charge is 0.310 e. The highest BCUT2D eigenvalue weighted by Crippen LogP contribution is 3.02. The molecule has 0 saturated carbocycles. The van der Waals surface area contributed by atoms with Crippen LogP contribution in [0.3, 0.4) is 0 Å². The first-order valence-electron chi connectivity index (χ1n) is 5.06. The fourth-order valence-electron chi connectivity index (χ4n) is 1.59. The summed E-state index contributed by atoms with van der Waals surface area (Å²) in [5.41, 5.74) is 0.153. The number of halogens is 6. The Hall–Kier alpha value is -1.63. The summed E-state index contributed by atoms with van der Waals surface area (Å²) in [6, 6.07) is 8.45. The second kappa shape index (κ2) is 3.47. The molecule has 7 heteroatoms. The van der Waals surface area contributed by atoms with E-state index >= 15 is 0 Å². The zero-order valence-electron chi connectivity index (χ0n) is 9.29. The Morgan fingerprint density at radius 1 is 0.737 bits per heavy atom. The molecule has 0 heterocycles. The van der Waals surface area contributed by atoms with Gasteiger partial charge >= 0.3 is 10.2 Å². The maximum absolute atomic E-state index is 13.6. The van der Waals surface area contributed by atoms with E-state index in [4.69, 9.17) is 0 Å². The van der Waals surface area contributed by atoms with Gasteiger partial charge in [-0.3, -0.25) is 0 Å². The lowest BCUT2D eigenvalue weighted by atomic mass is 10.1. The fraction of sp³-hybridized carbons (Fsp3) is 0. The van der Waals surface area contributed by atoms with Crippen molar-refractivity contribution < 1.29 is 23.8 Å². The van der Waals surface area contributed by atoms with Crippen LogP contribution in [0.2, 0.25) is 0 Å². The Labute approximate surface area is 105 Å². The van der Waals surface area contributed by atoms with Gasteiger partial charge < -0.3 is 0 Å². The minimum Gasteiger partial charge on any atom is -0.206 e. The third-order valence-corrected chi connectivity index (χ3v) is 3.62. The Bertz CT molecular complexity index is 618. The van der Waals surface area contributed by atoms with Gasteiger partial charge in [-0.1, -0.05) is 49.8 Å². The number of benzene rings is 2. The van der Waals surface area contributed by atoms with Crippen LogP contribution in [0.4, 0.5) is 23.8 Å². The van der Waals surface area contributed by atoms with Crippen LogP contribution in [-0.4, -0.2) is 0 Å². The van der Waals surface area contributed by atoms with Crippen LogP contribution >= 0.6 is 10.2 Å². The average Bonchev–Trinajstić information content (AvgIpc) is 2.27. The molecule has 0 aliphatic rings. The molecule has 0 aliphatic carbocycles. The summed E-state index contributed by atoms with van der Waals surface area (Å²) in [5.74, 6) is -1.34. The minimum absolute atomic E-state index is 0.161. The highest BCUT2D eigenvalue weighted by atomic mass is 32.5. The molecule has 0 spiro atoms. The van der Waals surface area contributed by atoms with Crippen molar-refractivity contribution in [1.82, 2.24) is 0 Å². The molecule has 2 aromatic rings. The summed E-state index contributed by atoms with van der Waals surface area (Å²) < 4.78 is 76.1. The molecule has 104 valence electrons. The van der Waals surface area contributed by atoms with Gasteiger partial charge in [0.25, 0.3) is 0 Å². The third-order valence-electron chi connectivity index (χ3n) is 2.47. The highest BCUT2D eigenvalue weighted by Gasteiger charge is 2.65. The molecule has 2 aromatic carbocycles. The van der Waals surface area contributed by atoms with Gasteiger partial charge in [0.05, 0.1) is 0 Å². The van der Waals surface area contributed by atoms with Gasteiger partial charge in [0, 0.05) is 5.56 Å². The molecule has 0 radical (unpaired) electrons. The summed E-state index contributed by atoms with van der Waals surface area (Å²) >= 11 is 0. The number of hydrogen-bond donors (Lipinski definition) is 0. The van der Waals surface area contributed by atoms with E-state index in [0.29, 0.717) is 11.6 Å². The summed E-state index contributed by atoms with van der Waals surface area (Å²) in [4.78, 5) is -2.22. The molecule has 0 atom stereocenters. The lowest BCUT2D eigenvalue weighted by Crippen LogP contribution is -2.06. The van der Waals surface area contributed by atoms with Crippen LogP contribution in [-0.2, 0) is 0 Å². The number of hydrogen-bond acceptors (Lipinski definition) is 0. The monoisotopic (exact) mass is 298 g/mol. The van der Waals surface area contributed by atoms with E-state index < -0.39 is 20.9 Å². The molecular weight excluding hydrogens is 290 g/mol. The van der Waals surface area contributed by atoms with Crippen molar-refractivity contribution in [2.75, 3.05) is 0 Å². The van der Waals surface area contributed by atoms with Crippen LogP contribution in [0.5, 0.6) is 0 Å². The predicted octanol–water partition coefficient (Wildman–Crippen LogP) is 6.15. The molecule has 0 aliphatic heterocycles. The second-order valence-electron chi connectivity index (χ2n) is 3.98. The quantitative estimate of drug-likeness (QED) is 0.583. The van der Waals surface area contributed by atoms with E-state index in [-0.39, 0.29) is 17.7 Å². The van der Waals surface area contributed by atoms with Gasteiger partial charge in [-0.25, -0.2) is 4.39 Å². The van der Waals surface area contributed by atoms with E-state index in [2.05, 4.69) is 0 Å². The molecule has 0 aromatic heterocycles. The first kappa shape index (κ1) is 13.8. The molecule has 0 fully saturated rings. The topological polar surface area (TPSA) is 0 Å². The molecule has 0 nitrogen and oxygen atoms in total. The molecule has 0 bridgehead atoms. The van der Waals surface area contributed by atoms with Crippen LogP contribution in [0, 0.1) is 5.82 Å². The van der Waals surface area contributed by atoms with Crippen molar-refractivity contribution in [3.05, 3.63) is 54.3 Å².